The number of nitrogens with zero attached hydrogens (tertiary/aromatic N) is 3. The summed E-state index contributed by atoms with van der Waals surface area (Å²) >= 11 is 0. The van der Waals surface area contributed by atoms with Crippen molar-refractivity contribution in [1.29, 1.82) is 5.26 Å². The fourth-order valence-corrected chi connectivity index (χ4v) is 4.67. The topological polar surface area (TPSA) is 85.7 Å². The molecule has 7 heteroatoms. The molecular formula is C30H38N4O3. The number of nitrogens with one attached hydrogen (secondary N) is 1. The zero-order valence-corrected chi connectivity index (χ0v) is 22.6. The van der Waals surface area contributed by atoms with Crippen molar-refractivity contribution in [2.45, 2.75) is 59.1 Å². The van der Waals surface area contributed by atoms with E-state index in [1.165, 1.54) is 0 Å². The lowest BCUT2D eigenvalue weighted by molar-refractivity contribution is 0.0526. The third-order valence-corrected chi connectivity index (χ3v) is 6.49. The minimum Gasteiger partial charge on any atom is -0.444 e. The Bertz CT molecular complexity index is 1190. The third-order valence-electron chi connectivity index (χ3n) is 6.49. The van der Waals surface area contributed by atoms with Crippen LogP contribution in [0.1, 0.15) is 66.7 Å². The zero-order chi connectivity index (χ0) is 27.2. The van der Waals surface area contributed by atoms with E-state index in [9.17, 15) is 14.9 Å². The summed E-state index contributed by atoms with van der Waals surface area (Å²) in [6.07, 6.45) is 2.67. The Labute approximate surface area is 220 Å². The highest BCUT2D eigenvalue weighted by Gasteiger charge is 2.30. The molecule has 0 aromatic heterocycles. The van der Waals surface area contributed by atoms with Gasteiger partial charge in [-0.2, -0.15) is 5.26 Å². The standard InChI is InChI=1S/C30H38N4O3/c1-7-23-18-26(24(17-21(23)2)12-10-14-32-29(36)37-30(4,5)6)28(35)34-16-15-33(20-22(34)3)27-13-9-8-11-25(27)19-31/h7-9,11,13,17-18,22H,1,10,12,14-16,20H2,2-6H3,(H,32,36)/t22-/m0/s1. The van der Waals surface area contributed by atoms with Crippen LogP contribution in [0.2, 0.25) is 0 Å². The summed E-state index contributed by atoms with van der Waals surface area (Å²) in [6.45, 7) is 15.8. The summed E-state index contributed by atoms with van der Waals surface area (Å²) in [5.41, 5.74) is 4.65. The van der Waals surface area contributed by atoms with E-state index in [2.05, 4.69) is 28.9 Å². The molecule has 1 fully saturated rings. The van der Waals surface area contributed by atoms with Crippen molar-refractivity contribution < 1.29 is 14.3 Å². The van der Waals surface area contributed by atoms with Gasteiger partial charge in [0, 0.05) is 37.8 Å². The van der Waals surface area contributed by atoms with Crippen LogP contribution in [0.4, 0.5) is 10.5 Å². The zero-order valence-electron chi connectivity index (χ0n) is 22.6. The number of piperazine rings is 1. The number of anilines is 1. The molecular weight excluding hydrogens is 464 g/mol. The number of hydrogen-bond acceptors (Lipinski definition) is 5. The van der Waals surface area contributed by atoms with Gasteiger partial charge in [0.25, 0.3) is 5.91 Å². The first-order valence-electron chi connectivity index (χ1n) is 12.8. The second-order valence-corrected chi connectivity index (χ2v) is 10.5. The predicted octanol–water partition coefficient (Wildman–Crippen LogP) is 5.32. The highest BCUT2D eigenvalue weighted by Crippen LogP contribution is 2.26. The minimum absolute atomic E-state index is 0.00100. The van der Waals surface area contributed by atoms with E-state index in [0.29, 0.717) is 50.1 Å². The number of alkyl carbamates (subject to hydrolysis) is 1. The lowest BCUT2D eigenvalue weighted by atomic mass is 9.94. The Kier molecular flexibility index (Phi) is 8.99. The number of amides is 2. The molecule has 0 aliphatic carbocycles. The monoisotopic (exact) mass is 502 g/mol. The van der Waals surface area contributed by atoms with Crippen LogP contribution in [-0.4, -0.2) is 54.7 Å². The molecule has 0 unspecified atom stereocenters. The number of carbonyl (C=O) groups excluding carboxylic acids is 2. The number of carbonyl (C=O) groups is 2. The van der Waals surface area contributed by atoms with Crippen molar-refractivity contribution in [2.24, 2.45) is 0 Å². The van der Waals surface area contributed by atoms with E-state index >= 15 is 0 Å². The van der Waals surface area contributed by atoms with Crippen LogP contribution in [0.5, 0.6) is 0 Å². The fraction of sp³-hybridized carbons (Fsp3) is 0.433. The first kappa shape index (κ1) is 27.8. The van der Waals surface area contributed by atoms with Crippen LogP contribution >= 0.6 is 0 Å². The van der Waals surface area contributed by atoms with Crippen molar-refractivity contribution in [3.8, 4) is 6.07 Å². The van der Waals surface area contributed by atoms with E-state index in [1.807, 2.05) is 69.9 Å². The highest BCUT2D eigenvalue weighted by molar-refractivity contribution is 5.97. The smallest absolute Gasteiger partial charge is 0.407 e. The maximum absolute atomic E-state index is 13.8. The van der Waals surface area contributed by atoms with Crippen LogP contribution in [0.15, 0.2) is 43.0 Å². The van der Waals surface area contributed by atoms with E-state index in [1.54, 1.807) is 6.08 Å². The number of hydrogen-bond donors (Lipinski definition) is 1. The second-order valence-electron chi connectivity index (χ2n) is 10.5. The van der Waals surface area contributed by atoms with E-state index < -0.39 is 11.7 Å². The molecule has 196 valence electrons. The van der Waals surface area contributed by atoms with Crippen molar-refractivity contribution in [3.05, 3.63) is 70.8 Å². The van der Waals surface area contributed by atoms with Gasteiger partial charge in [-0.05, 0) is 82.3 Å². The largest absolute Gasteiger partial charge is 0.444 e. The van der Waals surface area contributed by atoms with Gasteiger partial charge in [0.15, 0.2) is 0 Å². The minimum atomic E-state index is -0.543. The average Bonchev–Trinajstić information content (AvgIpc) is 2.85. The first-order valence-corrected chi connectivity index (χ1v) is 12.8. The molecule has 1 saturated heterocycles. The van der Waals surface area contributed by atoms with Gasteiger partial charge >= 0.3 is 6.09 Å². The van der Waals surface area contributed by atoms with Gasteiger partial charge < -0.3 is 19.9 Å². The van der Waals surface area contributed by atoms with Gasteiger partial charge in [-0.15, -0.1) is 0 Å². The molecule has 1 N–H and O–H groups in total. The molecule has 1 atom stereocenters. The summed E-state index contributed by atoms with van der Waals surface area (Å²) in [7, 11) is 0. The Balaban J connectivity index is 1.73. The summed E-state index contributed by atoms with van der Waals surface area (Å²) in [4.78, 5) is 29.9. The van der Waals surface area contributed by atoms with E-state index in [-0.39, 0.29) is 11.9 Å². The second kappa shape index (κ2) is 12.0. The van der Waals surface area contributed by atoms with E-state index in [4.69, 9.17) is 4.74 Å². The maximum Gasteiger partial charge on any atom is 0.407 e. The number of rotatable bonds is 7. The summed E-state index contributed by atoms with van der Waals surface area (Å²) in [6, 6.07) is 13.8. The molecule has 2 aromatic carbocycles. The fourth-order valence-electron chi connectivity index (χ4n) is 4.67. The molecule has 2 amide bonds. The molecule has 2 aromatic rings. The van der Waals surface area contributed by atoms with E-state index in [0.717, 1.165) is 22.4 Å². The highest BCUT2D eigenvalue weighted by atomic mass is 16.6. The van der Waals surface area contributed by atoms with Gasteiger partial charge in [0.2, 0.25) is 0 Å². The van der Waals surface area contributed by atoms with Gasteiger partial charge in [-0.3, -0.25) is 4.79 Å². The molecule has 7 nitrogen and oxygen atoms in total. The van der Waals surface area contributed by atoms with Crippen LogP contribution in [0.25, 0.3) is 6.08 Å². The summed E-state index contributed by atoms with van der Waals surface area (Å²) in [5, 5.41) is 12.3. The number of aryl methyl sites for hydroxylation is 2. The number of nitriles is 1. The first-order chi connectivity index (χ1) is 17.5. The molecule has 1 aliphatic heterocycles. The Morgan fingerprint density at radius 2 is 1.97 bits per heavy atom. The average molecular weight is 503 g/mol. The number of para-hydroxylation sites is 1. The molecule has 1 heterocycles. The quantitative estimate of drug-likeness (QED) is 0.518. The molecule has 0 bridgehead atoms. The molecule has 1 aliphatic rings. The van der Waals surface area contributed by atoms with Crippen LogP contribution in [0.3, 0.4) is 0 Å². The van der Waals surface area contributed by atoms with Crippen molar-refractivity contribution in [1.82, 2.24) is 10.2 Å². The van der Waals surface area contributed by atoms with Gasteiger partial charge in [0.1, 0.15) is 11.7 Å². The van der Waals surface area contributed by atoms with Crippen molar-refractivity contribution in [3.63, 3.8) is 0 Å². The Morgan fingerprint density at radius 3 is 2.62 bits per heavy atom. The maximum atomic E-state index is 13.8. The van der Waals surface area contributed by atoms with Crippen LogP contribution in [0, 0.1) is 18.3 Å². The molecule has 0 saturated carbocycles. The van der Waals surface area contributed by atoms with Crippen molar-refractivity contribution in [2.75, 3.05) is 31.1 Å². The summed E-state index contributed by atoms with van der Waals surface area (Å²) < 4.78 is 5.30. The SMILES string of the molecule is C=Cc1cc(C(=O)N2CCN(c3ccccc3C#N)C[C@@H]2C)c(CCCNC(=O)OC(C)(C)C)cc1C. The lowest BCUT2D eigenvalue weighted by Crippen LogP contribution is -2.54. The van der Waals surface area contributed by atoms with Crippen LogP contribution < -0.4 is 10.2 Å². The molecule has 0 radical (unpaired) electrons. The Morgan fingerprint density at radius 1 is 1.24 bits per heavy atom. The Hall–Kier alpha value is -3.79. The predicted molar refractivity (Wildman–Crippen MR) is 148 cm³/mol. The molecule has 37 heavy (non-hydrogen) atoms. The van der Waals surface area contributed by atoms with Gasteiger partial charge in [-0.1, -0.05) is 30.9 Å². The van der Waals surface area contributed by atoms with Gasteiger partial charge in [0.05, 0.1) is 11.3 Å². The normalized spacial score (nSPS) is 15.6. The lowest BCUT2D eigenvalue weighted by Gasteiger charge is -2.41. The van der Waals surface area contributed by atoms with Crippen molar-refractivity contribution >= 4 is 23.8 Å². The molecule has 3 rings (SSSR count). The van der Waals surface area contributed by atoms with Crippen LogP contribution in [-0.2, 0) is 11.2 Å². The number of benzene rings is 2. The molecule has 0 spiro atoms. The third kappa shape index (κ3) is 7.13. The number of ether oxygens (including phenoxy) is 1. The van der Waals surface area contributed by atoms with Gasteiger partial charge in [-0.25, -0.2) is 4.79 Å². The summed E-state index contributed by atoms with van der Waals surface area (Å²) in [5.74, 6) is -0.00100.